The Morgan fingerprint density at radius 3 is 2.41 bits per heavy atom. The lowest BCUT2D eigenvalue weighted by atomic mass is 9.81. The van der Waals surface area contributed by atoms with Crippen LogP contribution in [0.4, 0.5) is 0 Å². The Balaban J connectivity index is 1.56. The lowest BCUT2D eigenvalue weighted by molar-refractivity contribution is -0.659. The summed E-state index contributed by atoms with van der Waals surface area (Å²) in [4.78, 5) is 0. The lowest BCUT2D eigenvalue weighted by Gasteiger charge is -2.22. The molecule has 160 valence electrons. The van der Waals surface area contributed by atoms with E-state index in [0.717, 1.165) is 5.92 Å². The van der Waals surface area contributed by atoms with E-state index in [4.69, 9.17) is 0 Å². The number of hydrogen-bond donors (Lipinski definition) is 0. The van der Waals surface area contributed by atoms with Gasteiger partial charge in [0.2, 0.25) is 5.69 Å². The second-order valence-corrected chi connectivity index (χ2v) is 10.5. The third kappa shape index (κ3) is 2.80. The minimum atomic E-state index is 0.0210. The molecule has 0 unspecified atom stereocenters. The molecular formula is C31H32N+. The first-order valence-electron chi connectivity index (χ1n) is 12.1. The van der Waals surface area contributed by atoms with Crippen molar-refractivity contribution in [1.82, 2.24) is 0 Å². The van der Waals surface area contributed by atoms with Gasteiger partial charge in [-0.2, -0.15) is 0 Å². The van der Waals surface area contributed by atoms with Gasteiger partial charge in [-0.15, -0.1) is 0 Å². The maximum Gasteiger partial charge on any atom is 0.220 e. The molecule has 1 saturated carbocycles. The maximum atomic E-state index is 2.48. The quantitative estimate of drug-likeness (QED) is 0.295. The highest BCUT2D eigenvalue weighted by Gasteiger charge is 2.36. The summed E-state index contributed by atoms with van der Waals surface area (Å²) in [5.74, 6) is 0.748. The highest BCUT2D eigenvalue weighted by molar-refractivity contribution is 5.95. The van der Waals surface area contributed by atoms with E-state index in [0.29, 0.717) is 0 Å². The lowest BCUT2D eigenvalue weighted by Crippen LogP contribution is -2.31. The molecule has 6 rings (SSSR count). The molecule has 0 radical (unpaired) electrons. The van der Waals surface area contributed by atoms with E-state index in [-0.39, 0.29) is 5.41 Å². The van der Waals surface area contributed by atoms with Gasteiger partial charge in [-0.25, -0.2) is 4.57 Å². The van der Waals surface area contributed by atoms with Gasteiger partial charge < -0.3 is 0 Å². The van der Waals surface area contributed by atoms with Crippen molar-refractivity contribution in [3.63, 3.8) is 0 Å². The van der Waals surface area contributed by atoms with Crippen LogP contribution in [0.15, 0.2) is 66.9 Å². The normalized spacial score (nSPS) is 17.0. The molecule has 4 aromatic rings. The van der Waals surface area contributed by atoms with Crippen molar-refractivity contribution in [3.8, 4) is 22.4 Å². The van der Waals surface area contributed by atoms with E-state index in [1.54, 1.807) is 0 Å². The van der Waals surface area contributed by atoms with E-state index in [1.807, 2.05) is 0 Å². The van der Waals surface area contributed by atoms with Gasteiger partial charge in [-0.05, 0) is 76.6 Å². The van der Waals surface area contributed by atoms with E-state index < -0.39 is 0 Å². The summed E-state index contributed by atoms with van der Waals surface area (Å²) in [5, 5.41) is 2.72. The van der Waals surface area contributed by atoms with Gasteiger partial charge >= 0.3 is 0 Å². The summed E-state index contributed by atoms with van der Waals surface area (Å²) in [7, 11) is 2.19. The van der Waals surface area contributed by atoms with Crippen LogP contribution >= 0.6 is 0 Å². The number of aromatic nitrogens is 1. The van der Waals surface area contributed by atoms with E-state index in [9.17, 15) is 0 Å². The van der Waals surface area contributed by atoms with Crippen LogP contribution in [0.1, 0.15) is 67.7 Å². The van der Waals surface area contributed by atoms with E-state index in [2.05, 4.69) is 99.2 Å². The third-order valence-electron chi connectivity index (χ3n) is 8.17. The van der Waals surface area contributed by atoms with Gasteiger partial charge in [0.05, 0.1) is 10.9 Å². The molecule has 0 atom stereocenters. The van der Waals surface area contributed by atoms with Crippen molar-refractivity contribution >= 4 is 10.8 Å². The van der Waals surface area contributed by atoms with Gasteiger partial charge in [-0.3, -0.25) is 0 Å². The van der Waals surface area contributed by atoms with Crippen LogP contribution in [0.5, 0.6) is 0 Å². The zero-order chi connectivity index (χ0) is 22.0. The monoisotopic (exact) mass is 418 g/mol. The van der Waals surface area contributed by atoms with E-state index >= 15 is 0 Å². The SMILES string of the molecule is Cc1cc2c(cc1-c1c3ccc(C4CCCC4)cc3cc[n+]1C)C(C)(C)c1ccccc1-2. The predicted octanol–water partition coefficient (Wildman–Crippen LogP) is 7.60. The Hall–Kier alpha value is -2.93. The summed E-state index contributed by atoms with van der Waals surface area (Å²) in [6, 6.07) is 23.3. The fraction of sp³-hybridized carbons (Fsp3) is 0.323. The summed E-state index contributed by atoms with van der Waals surface area (Å²) < 4.78 is 2.31. The Morgan fingerprint density at radius 1 is 0.812 bits per heavy atom. The molecule has 32 heavy (non-hydrogen) atoms. The van der Waals surface area contributed by atoms with Gasteiger partial charge in [0.15, 0.2) is 6.20 Å². The number of nitrogens with zero attached hydrogens (tertiary/aromatic N) is 1. The fourth-order valence-corrected chi connectivity index (χ4v) is 6.35. The van der Waals surface area contributed by atoms with Gasteiger partial charge in [0.1, 0.15) is 7.05 Å². The molecule has 3 aromatic carbocycles. The van der Waals surface area contributed by atoms with Crippen molar-refractivity contribution in [3.05, 3.63) is 89.1 Å². The van der Waals surface area contributed by atoms with Crippen molar-refractivity contribution in [1.29, 1.82) is 0 Å². The molecule has 2 aliphatic rings. The van der Waals surface area contributed by atoms with Crippen LogP contribution in [0.2, 0.25) is 0 Å². The molecule has 2 aliphatic carbocycles. The van der Waals surface area contributed by atoms with Crippen LogP contribution in [0, 0.1) is 6.92 Å². The number of aryl methyl sites for hydroxylation is 2. The molecular weight excluding hydrogens is 386 g/mol. The summed E-state index contributed by atoms with van der Waals surface area (Å²) in [6.07, 6.45) is 7.69. The Kier molecular flexibility index (Phi) is 4.34. The third-order valence-corrected chi connectivity index (χ3v) is 8.17. The van der Waals surface area contributed by atoms with Gasteiger partial charge in [0, 0.05) is 11.5 Å². The summed E-state index contributed by atoms with van der Waals surface area (Å²) >= 11 is 0. The standard InChI is InChI=1S/C31H32N/c1-20-17-27-25-11-7-8-12-28(25)31(2,3)29(27)19-26(20)30-24-14-13-22(21-9-5-6-10-21)18-23(24)15-16-32(30)4/h7-8,11-19,21H,5-6,9-10H2,1-4H3/q+1. The smallest absolute Gasteiger partial charge is 0.200 e. The number of benzene rings is 3. The number of hydrogen-bond acceptors (Lipinski definition) is 0. The second-order valence-electron chi connectivity index (χ2n) is 10.5. The van der Waals surface area contributed by atoms with Crippen molar-refractivity contribution in [2.75, 3.05) is 0 Å². The van der Waals surface area contributed by atoms with Crippen LogP contribution in [0.25, 0.3) is 33.2 Å². The molecule has 1 heteroatoms. The molecule has 1 aromatic heterocycles. The van der Waals surface area contributed by atoms with Crippen LogP contribution in [-0.4, -0.2) is 0 Å². The minimum Gasteiger partial charge on any atom is -0.200 e. The Morgan fingerprint density at radius 2 is 1.59 bits per heavy atom. The fourth-order valence-electron chi connectivity index (χ4n) is 6.35. The number of fused-ring (bicyclic) bond motifs is 4. The number of pyridine rings is 1. The highest BCUT2D eigenvalue weighted by atomic mass is 14.9. The molecule has 1 heterocycles. The Labute approximate surface area is 191 Å². The molecule has 0 amide bonds. The number of rotatable bonds is 2. The predicted molar refractivity (Wildman–Crippen MR) is 134 cm³/mol. The van der Waals surface area contributed by atoms with Crippen LogP contribution in [0.3, 0.4) is 0 Å². The largest absolute Gasteiger partial charge is 0.220 e. The second kappa shape index (κ2) is 7.04. The van der Waals surface area contributed by atoms with E-state index in [1.165, 1.54) is 81.1 Å². The topological polar surface area (TPSA) is 3.88 Å². The first kappa shape index (κ1) is 19.7. The summed E-state index contributed by atoms with van der Waals surface area (Å²) in [5.41, 5.74) is 11.3. The van der Waals surface area contributed by atoms with Gasteiger partial charge in [-0.1, -0.05) is 69.2 Å². The summed E-state index contributed by atoms with van der Waals surface area (Å²) in [6.45, 7) is 7.01. The highest BCUT2D eigenvalue weighted by Crippen LogP contribution is 2.50. The molecule has 0 aliphatic heterocycles. The van der Waals surface area contributed by atoms with Crippen molar-refractivity contribution in [2.45, 2.75) is 57.8 Å². The van der Waals surface area contributed by atoms with Crippen LogP contribution in [-0.2, 0) is 12.5 Å². The molecule has 0 bridgehead atoms. The molecule has 1 fully saturated rings. The average molecular weight is 419 g/mol. The maximum absolute atomic E-state index is 2.48. The van der Waals surface area contributed by atoms with Crippen LogP contribution < -0.4 is 4.57 Å². The zero-order valence-corrected chi connectivity index (χ0v) is 19.7. The average Bonchev–Trinajstić information content (AvgIpc) is 3.40. The molecule has 0 spiro atoms. The first-order chi connectivity index (χ1) is 15.4. The van der Waals surface area contributed by atoms with Gasteiger partial charge in [0.25, 0.3) is 0 Å². The zero-order valence-electron chi connectivity index (χ0n) is 19.7. The van der Waals surface area contributed by atoms with Crippen molar-refractivity contribution in [2.24, 2.45) is 7.05 Å². The Bertz CT molecular complexity index is 1370. The van der Waals surface area contributed by atoms with Crippen molar-refractivity contribution < 1.29 is 4.57 Å². The molecule has 1 nitrogen and oxygen atoms in total. The molecule has 0 N–H and O–H groups in total. The molecule has 0 saturated heterocycles. The first-order valence-corrected chi connectivity index (χ1v) is 12.1. The minimum absolute atomic E-state index is 0.0210.